The molecule has 0 aromatic rings. The Kier molecular flexibility index (Phi) is 3.91. The quantitative estimate of drug-likeness (QED) is 0.516. The van der Waals surface area contributed by atoms with Crippen LogP contribution < -0.4 is 4.90 Å². The fourth-order valence-electron chi connectivity index (χ4n) is 1.51. The van der Waals surface area contributed by atoms with Crippen molar-refractivity contribution in [1.82, 2.24) is 0 Å². The van der Waals surface area contributed by atoms with E-state index in [0.717, 1.165) is 6.61 Å². The van der Waals surface area contributed by atoms with Gasteiger partial charge in [0.05, 0.1) is 16.7 Å². The Bertz CT molecular complexity index is 301. The molecule has 1 N–H and O–H groups in total. The molecule has 1 unspecified atom stereocenters. The summed E-state index contributed by atoms with van der Waals surface area (Å²) < 4.78 is 32.6. The van der Waals surface area contributed by atoms with E-state index in [0.29, 0.717) is 6.26 Å². The molecule has 5 nitrogen and oxygen atoms in total. The van der Waals surface area contributed by atoms with Crippen molar-refractivity contribution in [3.05, 3.63) is 12.0 Å². The highest BCUT2D eigenvalue weighted by atomic mass is 32.2. The largest absolute Gasteiger partial charge is 0.748 e. The molecule has 0 saturated carbocycles. The molecule has 1 saturated heterocycles. The minimum atomic E-state index is -3.92. The predicted molar refractivity (Wildman–Crippen MR) is 49.6 cm³/mol. The molecule has 14 heavy (non-hydrogen) atoms. The van der Waals surface area contributed by atoms with Crippen molar-refractivity contribution in [2.24, 2.45) is 0 Å². The summed E-state index contributed by atoms with van der Waals surface area (Å²) in [5.41, 5.74) is 0. The van der Waals surface area contributed by atoms with Gasteiger partial charge in [-0.3, -0.25) is 4.90 Å². The van der Waals surface area contributed by atoms with E-state index in [2.05, 4.69) is 6.08 Å². The number of nitrogens with one attached hydrogen (secondary N) is 1. The summed E-state index contributed by atoms with van der Waals surface area (Å²) in [6.07, 6.45) is 5.39. The van der Waals surface area contributed by atoms with Crippen LogP contribution in [0.2, 0.25) is 0 Å². The van der Waals surface area contributed by atoms with E-state index in [4.69, 9.17) is 17.7 Å². The van der Waals surface area contributed by atoms with Crippen LogP contribution in [0.15, 0.2) is 12.0 Å². The van der Waals surface area contributed by atoms with Gasteiger partial charge in [0.2, 0.25) is 0 Å². The molecule has 2 aliphatic heterocycles. The third kappa shape index (κ3) is 4.59. The first kappa shape index (κ1) is 11.5. The van der Waals surface area contributed by atoms with Gasteiger partial charge in [-0.1, -0.05) is 0 Å². The summed E-state index contributed by atoms with van der Waals surface area (Å²) in [6.45, 7) is 3.40. The Labute approximate surface area is 84.1 Å². The van der Waals surface area contributed by atoms with Crippen LogP contribution in [-0.4, -0.2) is 38.9 Å². The highest BCUT2D eigenvalue weighted by Gasteiger charge is 2.25. The van der Waals surface area contributed by atoms with Crippen LogP contribution in [0.3, 0.4) is 0 Å². The monoisotopic (exact) mass is 221 g/mol. The molecule has 1 atom stereocenters. The maximum absolute atomic E-state index is 9.08. The number of rotatable bonds is 0. The Morgan fingerprint density at radius 3 is 2.71 bits per heavy atom. The number of allylic oxidation sites excluding steroid dienone is 1. The van der Waals surface area contributed by atoms with Crippen molar-refractivity contribution in [2.75, 3.05) is 26.0 Å². The molecular formula is C8H15NO4S. The first-order valence-corrected chi connectivity index (χ1v) is 6.37. The van der Waals surface area contributed by atoms with Gasteiger partial charge in [-0.15, -0.1) is 0 Å². The average Bonchev–Trinajstić information content (AvgIpc) is 2.47. The molecule has 0 aliphatic carbocycles. The van der Waals surface area contributed by atoms with E-state index < -0.39 is 10.1 Å². The minimum absolute atomic E-state index is 0.604. The van der Waals surface area contributed by atoms with Gasteiger partial charge in [0, 0.05) is 18.8 Å². The molecule has 2 aliphatic rings. The molecule has 0 aromatic heterocycles. The molecule has 2 rings (SSSR count). The highest BCUT2D eigenvalue weighted by Crippen LogP contribution is 2.02. The zero-order chi connectivity index (χ0) is 10.6. The molecule has 6 heteroatoms. The van der Waals surface area contributed by atoms with E-state index in [1.54, 1.807) is 4.90 Å². The van der Waals surface area contributed by atoms with E-state index in [1.165, 1.54) is 31.8 Å². The summed E-state index contributed by atoms with van der Waals surface area (Å²) >= 11 is 0. The van der Waals surface area contributed by atoms with Gasteiger partial charge in [-0.25, -0.2) is 8.42 Å². The summed E-state index contributed by atoms with van der Waals surface area (Å²) in [7, 11) is -3.92. The zero-order valence-corrected chi connectivity index (χ0v) is 8.97. The van der Waals surface area contributed by atoms with Gasteiger partial charge in [-0.05, 0) is 6.42 Å². The maximum atomic E-state index is 9.08. The number of fused-ring (bicyclic) bond motifs is 1. The Morgan fingerprint density at radius 1 is 1.50 bits per heavy atom. The van der Waals surface area contributed by atoms with E-state index in [1.807, 2.05) is 0 Å². The van der Waals surface area contributed by atoms with Gasteiger partial charge in [0.1, 0.15) is 13.2 Å². The van der Waals surface area contributed by atoms with Crippen LogP contribution in [-0.2, 0) is 14.9 Å². The molecule has 0 aromatic carbocycles. The average molecular weight is 221 g/mol. The fraction of sp³-hybridized carbons (Fsp3) is 0.750. The minimum Gasteiger partial charge on any atom is -0.748 e. The topological polar surface area (TPSA) is 70.9 Å². The first-order valence-electron chi connectivity index (χ1n) is 4.56. The number of ether oxygens (including phenoxy) is 1. The maximum Gasteiger partial charge on any atom is 0.285 e. The van der Waals surface area contributed by atoms with Gasteiger partial charge >= 0.3 is 0 Å². The first-order chi connectivity index (χ1) is 6.47. The van der Waals surface area contributed by atoms with Crippen molar-refractivity contribution in [2.45, 2.75) is 12.8 Å². The third-order valence-electron chi connectivity index (χ3n) is 2.02. The summed E-state index contributed by atoms with van der Waals surface area (Å²) in [5.74, 6) is 1.21. The standard InChI is InChI=1S/C7H11NO.CH4O3S/c1-2-4-8-5-6-9-7(8)3-1;1-5(2,3)4/h3H,1-2,4-6H2;1H3,(H,2,3,4). The molecule has 1 fully saturated rings. The van der Waals surface area contributed by atoms with E-state index in [9.17, 15) is 0 Å². The van der Waals surface area contributed by atoms with Crippen LogP contribution in [0.4, 0.5) is 0 Å². The SMILES string of the molecule is C1=C2OCC[NH+]2CCC1.CS(=O)(=O)[O-]. The van der Waals surface area contributed by atoms with Gasteiger partial charge in [0.25, 0.3) is 5.88 Å². The van der Waals surface area contributed by atoms with Crippen molar-refractivity contribution in [1.29, 1.82) is 0 Å². The second kappa shape index (κ2) is 4.77. The molecule has 0 spiro atoms. The van der Waals surface area contributed by atoms with Gasteiger partial charge < -0.3 is 9.29 Å². The second-order valence-electron chi connectivity index (χ2n) is 3.37. The number of hydrogen-bond donors (Lipinski definition) is 1. The van der Waals surface area contributed by atoms with Crippen molar-refractivity contribution < 1.29 is 22.6 Å². The predicted octanol–water partition coefficient (Wildman–Crippen LogP) is -1.30. The lowest BCUT2D eigenvalue weighted by molar-refractivity contribution is -0.858. The lowest BCUT2D eigenvalue weighted by atomic mass is 10.2. The molecule has 2 heterocycles. The molecule has 0 radical (unpaired) electrons. The fourth-order valence-corrected chi connectivity index (χ4v) is 1.51. The van der Waals surface area contributed by atoms with Gasteiger partial charge in [-0.2, -0.15) is 0 Å². The normalized spacial score (nSPS) is 25.3. The lowest BCUT2D eigenvalue weighted by Crippen LogP contribution is -3.09. The molecule has 82 valence electrons. The molecular weight excluding hydrogens is 206 g/mol. The second-order valence-corrected chi connectivity index (χ2v) is 4.77. The van der Waals surface area contributed by atoms with Crippen LogP contribution in [0.5, 0.6) is 0 Å². The van der Waals surface area contributed by atoms with Crippen molar-refractivity contribution >= 4 is 10.1 Å². The zero-order valence-electron chi connectivity index (χ0n) is 8.15. The van der Waals surface area contributed by atoms with Gasteiger partial charge in [0.15, 0.2) is 0 Å². The van der Waals surface area contributed by atoms with E-state index >= 15 is 0 Å². The van der Waals surface area contributed by atoms with Crippen LogP contribution in [0.25, 0.3) is 0 Å². The smallest absolute Gasteiger partial charge is 0.285 e. The lowest BCUT2D eigenvalue weighted by Gasteiger charge is -2.13. The Balaban J connectivity index is 0.000000171. The van der Waals surface area contributed by atoms with E-state index in [-0.39, 0.29) is 0 Å². The third-order valence-corrected chi connectivity index (χ3v) is 2.02. The van der Waals surface area contributed by atoms with Crippen LogP contribution in [0, 0.1) is 0 Å². The molecule has 0 amide bonds. The highest BCUT2D eigenvalue weighted by molar-refractivity contribution is 7.84. The molecule has 0 bridgehead atoms. The number of quaternary nitrogens is 1. The van der Waals surface area contributed by atoms with Crippen molar-refractivity contribution in [3.63, 3.8) is 0 Å². The summed E-state index contributed by atoms with van der Waals surface area (Å²) in [6, 6.07) is 0. The summed E-state index contributed by atoms with van der Waals surface area (Å²) in [5, 5.41) is 0. The van der Waals surface area contributed by atoms with Crippen LogP contribution in [0.1, 0.15) is 12.8 Å². The number of hydrogen-bond acceptors (Lipinski definition) is 4. The summed E-state index contributed by atoms with van der Waals surface area (Å²) in [4.78, 5) is 1.56. The van der Waals surface area contributed by atoms with Crippen LogP contribution >= 0.6 is 0 Å². The van der Waals surface area contributed by atoms with Crippen molar-refractivity contribution in [3.8, 4) is 0 Å². The Morgan fingerprint density at radius 2 is 2.14 bits per heavy atom. The Hall–Kier alpha value is -0.590.